The van der Waals surface area contributed by atoms with Crippen LogP contribution in [0.4, 0.5) is 25.2 Å². The number of hydrogen-bond donors (Lipinski definition) is 0. The second-order valence-corrected chi connectivity index (χ2v) is 10.7. The SMILES string of the molecule is Cc1ccc2c(c1)C(=O)/C(=C/c1cc3c(s1)N(c1c(F)cccc1F)c1ccccc1C3(C)C)C2=O. The number of Topliss-reactive ketones (excluding diaryl/α,β-unsaturated/α-hetero) is 2. The summed E-state index contributed by atoms with van der Waals surface area (Å²) < 4.78 is 30.1. The predicted octanol–water partition coefficient (Wildman–Crippen LogP) is 7.91. The minimum Gasteiger partial charge on any atom is -0.296 e. The number of aryl methyl sites for hydroxylation is 1. The lowest BCUT2D eigenvalue weighted by Gasteiger charge is -2.40. The third-order valence-corrected chi connectivity index (χ3v) is 8.09. The summed E-state index contributed by atoms with van der Waals surface area (Å²) in [5, 5.41) is 0.654. The van der Waals surface area contributed by atoms with Gasteiger partial charge in [0.1, 0.15) is 22.3 Å². The van der Waals surface area contributed by atoms with Crippen molar-refractivity contribution < 1.29 is 18.4 Å². The van der Waals surface area contributed by atoms with Crippen molar-refractivity contribution in [3.63, 3.8) is 0 Å². The van der Waals surface area contributed by atoms with Gasteiger partial charge in [0.15, 0.2) is 11.6 Å². The molecule has 6 rings (SSSR count). The maximum Gasteiger partial charge on any atom is 0.197 e. The van der Waals surface area contributed by atoms with Crippen LogP contribution in [0.15, 0.2) is 72.3 Å². The lowest BCUT2D eigenvalue weighted by molar-refractivity contribution is 0.0990. The standard InChI is InChI=1S/C30H21F2NO2S/c1-16-11-12-18-19(13-16)28(35)20(27(18)34)14-17-15-22-29(36-17)33(26-23(31)8-6-9-24(26)32)25-10-5-4-7-21(25)30(22,2)3/h4-15H,1-3H3/b20-14+. The number of thiophene rings is 1. The largest absolute Gasteiger partial charge is 0.296 e. The number of carbonyl (C=O) groups is 2. The van der Waals surface area contributed by atoms with E-state index >= 15 is 8.78 Å². The van der Waals surface area contributed by atoms with Crippen molar-refractivity contribution in [1.82, 2.24) is 0 Å². The fourth-order valence-corrected chi connectivity index (χ4v) is 6.45. The second-order valence-electron chi connectivity index (χ2n) is 9.68. The molecule has 4 aromatic rings. The average Bonchev–Trinajstić information content (AvgIpc) is 3.37. The average molecular weight is 498 g/mol. The highest BCUT2D eigenvalue weighted by Gasteiger charge is 2.40. The molecule has 0 saturated heterocycles. The molecule has 2 aliphatic rings. The van der Waals surface area contributed by atoms with E-state index in [9.17, 15) is 9.59 Å². The number of hydrogen-bond acceptors (Lipinski definition) is 4. The van der Waals surface area contributed by atoms with Gasteiger partial charge in [-0.3, -0.25) is 14.5 Å². The summed E-state index contributed by atoms with van der Waals surface area (Å²) in [4.78, 5) is 28.4. The van der Waals surface area contributed by atoms with Gasteiger partial charge in [0.25, 0.3) is 0 Å². The molecule has 0 atom stereocenters. The van der Waals surface area contributed by atoms with E-state index in [1.165, 1.54) is 29.5 Å². The van der Waals surface area contributed by atoms with Crippen LogP contribution in [0.3, 0.4) is 0 Å². The quantitative estimate of drug-likeness (QED) is 0.209. The van der Waals surface area contributed by atoms with Crippen LogP contribution in [0.5, 0.6) is 0 Å². The van der Waals surface area contributed by atoms with Crippen LogP contribution in [0.2, 0.25) is 0 Å². The molecule has 3 aromatic carbocycles. The molecule has 0 saturated carbocycles. The first-order chi connectivity index (χ1) is 17.2. The van der Waals surface area contributed by atoms with E-state index in [1.54, 1.807) is 23.1 Å². The van der Waals surface area contributed by atoms with Gasteiger partial charge in [0.2, 0.25) is 0 Å². The zero-order chi connectivity index (χ0) is 25.4. The van der Waals surface area contributed by atoms with E-state index < -0.39 is 17.0 Å². The molecule has 1 aromatic heterocycles. The van der Waals surface area contributed by atoms with Gasteiger partial charge >= 0.3 is 0 Å². The first kappa shape index (κ1) is 22.6. The molecule has 1 aliphatic heterocycles. The number of benzene rings is 3. The molecular weight excluding hydrogens is 476 g/mol. The third-order valence-electron chi connectivity index (χ3n) is 7.03. The number of halogens is 2. The van der Waals surface area contributed by atoms with Crippen LogP contribution in [-0.4, -0.2) is 11.6 Å². The first-order valence-electron chi connectivity index (χ1n) is 11.6. The van der Waals surface area contributed by atoms with E-state index in [0.717, 1.165) is 16.7 Å². The number of allylic oxidation sites excluding steroid dienone is 1. The number of fused-ring (bicyclic) bond motifs is 3. The Balaban J connectivity index is 1.55. The Hall–Kier alpha value is -3.90. The molecule has 0 amide bonds. The van der Waals surface area contributed by atoms with E-state index in [0.29, 0.717) is 26.7 Å². The molecule has 0 spiro atoms. The maximum atomic E-state index is 15.1. The molecule has 178 valence electrons. The summed E-state index contributed by atoms with van der Waals surface area (Å²) in [5.74, 6) is -1.95. The van der Waals surface area contributed by atoms with Gasteiger partial charge in [-0.1, -0.05) is 55.8 Å². The monoisotopic (exact) mass is 497 g/mol. The summed E-state index contributed by atoms with van der Waals surface area (Å²) in [7, 11) is 0. The highest BCUT2D eigenvalue weighted by Crippen LogP contribution is 2.55. The summed E-state index contributed by atoms with van der Waals surface area (Å²) in [6, 6.07) is 18.6. The molecule has 0 unspecified atom stereocenters. The van der Waals surface area contributed by atoms with E-state index in [-0.39, 0.29) is 22.8 Å². The lowest BCUT2D eigenvalue weighted by atomic mass is 9.75. The van der Waals surface area contributed by atoms with E-state index in [1.807, 2.05) is 43.3 Å². The summed E-state index contributed by atoms with van der Waals surface area (Å²) in [6.45, 7) is 6.00. The van der Waals surface area contributed by atoms with Crippen molar-refractivity contribution in [3.05, 3.63) is 117 Å². The normalized spacial score (nSPS) is 16.8. The Kier molecular flexibility index (Phi) is 4.89. The molecule has 2 heterocycles. The van der Waals surface area contributed by atoms with Crippen LogP contribution in [0.1, 0.15) is 56.1 Å². The number of anilines is 3. The minimum absolute atomic E-state index is 0.105. The Bertz CT molecular complexity index is 1630. The molecule has 3 nitrogen and oxygen atoms in total. The fraction of sp³-hybridized carbons (Fsp3) is 0.133. The van der Waals surface area contributed by atoms with Crippen LogP contribution < -0.4 is 4.90 Å². The van der Waals surface area contributed by atoms with Crippen molar-refractivity contribution in [2.75, 3.05) is 4.90 Å². The van der Waals surface area contributed by atoms with Crippen molar-refractivity contribution >= 4 is 45.4 Å². The molecular formula is C30H21F2NO2S. The van der Waals surface area contributed by atoms with Crippen molar-refractivity contribution in [1.29, 1.82) is 0 Å². The zero-order valence-corrected chi connectivity index (χ0v) is 20.7. The minimum atomic E-state index is -0.671. The van der Waals surface area contributed by atoms with Crippen molar-refractivity contribution in [3.8, 4) is 0 Å². The molecule has 6 heteroatoms. The number of ketones is 2. The van der Waals surface area contributed by atoms with E-state index in [4.69, 9.17) is 0 Å². The highest BCUT2D eigenvalue weighted by molar-refractivity contribution is 7.17. The zero-order valence-electron chi connectivity index (χ0n) is 19.9. The van der Waals surface area contributed by atoms with Crippen LogP contribution >= 0.6 is 11.3 Å². The van der Waals surface area contributed by atoms with E-state index in [2.05, 4.69) is 13.8 Å². The van der Waals surface area contributed by atoms with Gasteiger partial charge in [-0.2, -0.15) is 0 Å². The molecule has 1 aliphatic carbocycles. The lowest BCUT2D eigenvalue weighted by Crippen LogP contribution is -2.30. The Morgan fingerprint density at radius 3 is 2.28 bits per heavy atom. The van der Waals surface area contributed by atoms with Gasteiger partial charge in [0.05, 0.1) is 11.3 Å². The molecule has 36 heavy (non-hydrogen) atoms. The van der Waals surface area contributed by atoms with Crippen LogP contribution in [0.25, 0.3) is 6.08 Å². The fourth-order valence-electron chi connectivity index (χ4n) is 5.17. The van der Waals surface area contributed by atoms with Crippen molar-refractivity contribution in [2.45, 2.75) is 26.2 Å². The maximum absolute atomic E-state index is 15.1. The van der Waals surface area contributed by atoms with Crippen LogP contribution in [0, 0.1) is 18.6 Å². The third kappa shape index (κ3) is 3.14. The summed E-state index contributed by atoms with van der Waals surface area (Å²) >= 11 is 1.31. The molecule has 0 N–H and O–H groups in total. The molecule has 0 radical (unpaired) electrons. The first-order valence-corrected chi connectivity index (χ1v) is 12.4. The summed E-state index contributed by atoms with van der Waals surface area (Å²) in [5.41, 5.74) is 3.69. The molecule has 0 fully saturated rings. The Morgan fingerprint density at radius 1 is 0.833 bits per heavy atom. The molecule has 0 bridgehead atoms. The Morgan fingerprint density at radius 2 is 1.53 bits per heavy atom. The van der Waals surface area contributed by atoms with Crippen molar-refractivity contribution in [2.24, 2.45) is 0 Å². The van der Waals surface area contributed by atoms with Gasteiger partial charge in [-0.25, -0.2) is 8.78 Å². The topological polar surface area (TPSA) is 37.4 Å². The van der Waals surface area contributed by atoms with Crippen LogP contribution in [-0.2, 0) is 5.41 Å². The number of carbonyl (C=O) groups excluding carboxylic acids is 2. The Labute approximate surface area is 211 Å². The summed E-state index contributed by atoms with van der Waals surface area (Å²) in [6.07, 6.45) is 1.61. The van der Waals surface area contributed by atoms with Gasteiger partial charge < -0.3 is 0 Å². The predicted molar refractivity (Wildman–Crippen MR) is 139 cm³/mol. The number of para-hydroxylation sites is 2. The number of nitrogens with zero attached hydrogens (tertiary/aromatic N) is 1. The number of rotatable bonds is 2. The smallest absolute Gasteiger partial charge is 0.197 e. The van der Waals surface area contributed by atoms with Gasteiger partial charge in [-0.15, -0.1) is 11.3 Å². The van der Waals surface area contributed by atoms with Gasteiger partial charge in [0, 0.05) is 21.4 Å². The van der Waals surface area contributed by atoms with Gasteiger partial charge in [-0.05, 0) is 54.5 Å². The second kappa shape index (κ2) is 7.80. The highest BCUT2D eigenvalue weighted by atomic mass is 32.1.